The Labute approximate surface area is 181 Å². The third kappa shape index (κ3) is 6.18. The molecule has 2 heterocycles. The van der Waals surface area contributed by atoms with E-state index in [2.05, 4.69) is 44.8 Å². The molecule has 0 atom stereocenters. The van der Waals surface area contributed by atoms with E-state index in [0.29, 0.717) is 30.6 Å². The number of ether oxygens (including phenoxy) is 2. The molecule has 3 rings (SSSR count). The molecule has 0 unspecified atom stereocenters. The lowest BCUT2D eigenvalue weighted by Crippen LogP contribution is -2.36. The Morgan fingerprint density at radius 1 is 1.07 bits per heavy atom. The Morgan fingerprint density at radius 3 is 2.40 bits per heavy atom. The van der Waals surface area contributed by atoms with Gasteiger partial charge in [-0.25, -0.2) is 9.97 Å². The van der Waals surface area contributed by atoms with Crippen molar-refractivity contribution >= 4 is 17.3 Å². The van der Waals surface area contributed by atoms with Gasteiger partial charge in [-0.2, -0.15) is 0 Å². The highest BCUT2D eigenvalue weighted by molar-refractivity contribution is 7.09. The highest BCUT2D eigenvalue weighted by Gasteiger charge is 2.07. The molecule has 7 nitrogen and oxygen atoms in total. The zero-order chi connectivity index (χ0) is 21.3. The second-order valence-corrected chi connectivity index (χ2v) is 7.83. The molecule has 0 saturated carbocycles. The first-order chi connectivity index (χ1) is 14.6. The molecule has 0 aliphatic carbocycles. The van der Waals surface area contributed by atoms with Gasteiger partial charge in [-0.1, -0.05) is 19.9 Å². The predicted octanol–water partition coefficient (Wildman–Crippen LogP) is 4.33. The Morgan fingerprint density at radius 2 is 1.80 bits per heavy atom. The monoisotopic (exact) mass is 425 g/mol. The highest BCUT2D eigenvalue weighted by Crippen LogP contribution is 2.22. The van der Waals surface area contributed by atoms with Crippen LogP contribution in [0, 0.1) is 0 Å². The van der Waals surface area contributed by atoms with Crippen molar-refractivity contribution in [1.82, 2.24) is 20.6 Å². The second-order valence-electron chi connectivity index (χ2n) is 6.88. The van der Waals surface area contributed by atoms with Gasteiger partial charge in [0.1, 0.15) is 16.5 Å². The summed E-state index contributed by atoms with van der Waals surface area (Å²) in [4.78, 5) is 13.3. The zero-order valence-electron chi connectivity index (χ0n) is 17.7. The topological polar surface area (TPSA) is 80.7 Å². The Hall–Kier alpha value is -3.13. The molecule has 0 aliphatic heterocycles. The molecule has 0 bridgehead atoms. The smallest absolute Gasteiger partial charge is 0.219 e. The van der Waals surface area contributed by atoms with E-state index in [-0.39, 0.29) is 0 Å². The number of rotatable bonds is 8. The van der Waals surface area contributed by atoms with Gasteiger partial charge in [0.15, 0.2) is 5.96 Å². The van der Waals surface area contributed by atoms with Gasteiger partial charge in [0.2, 0.25) is 5.88 Å². The number of aliphatic imine (C=N–C) groups is 1. The fourth-order valence-electron chi connectivity index (χ4n) is 2.58. The summed E-state index contributed by atoms with van der Waals surface area (Å²) < 4.78 is 10.9. The van der Waals surface area contributed by atoms with Crippen molar-refractivity contribution in [2.45, 2.75) is 32.9 Å². The third-order valence-electron chi connectivity index (χ3n) is 4.33. The van der Waals surface area contributed by atoms with Gasteiger partial charge in [0.05, 0.1) is 19.3 Å². The first-order valence-electron chi connectivity index (χ1n) is 9.73. The maximum absolute atomic E-state index is 5.76. The minimum absolute atomic E-state index is 0.441. The van der Waals surface area contributed by atoms with Gasteiger partial charge in [-0.15, -0.1) is 11.3 Å². The minimum atomic E-state index is 0.441. The van der Waals surface area contributed by atoms with Crippen LogP contribution in [-0.2, 0) is 13.1 Å². The molecule has 1 aromatic carbocycles. The molecule has 3 aromatic rings. The molecule has 0 amide bonds. The number of pyridine rings is 1. The summed E-state index contributed by atoms with van der Waals surface area (Å²) in [5.74, 6) is 3.19. The summed E-state index contributed by atoms with van der Waals surface area (Å²) in [6, 6.07) is 11.2. The van der Waals surface area contributed by atoms with Crippen LogP contribution in [0.3, 0.4) is 0 Å². The number of hydrogen-bond acceptors (Lipinski definition) is 6. The quantitative estimate of drug-likeness (QED) is 0.413. The molecule has 8 heteroatoms. The van der Waals surface area contributed by atoms with E-state index >= 15 is 0 Å². The maximum Gasteiger partial charge on any atom is 0.219 e. The molecule has 0 radical (unpaired) electrons. The first-order valence-corrected chi connectivity index (χ1v) is 10.6. The van der Waals surface area contributed by atoms with Crippen molar-refractivity contribution in [3.63, 3.8) is 0 Å². The van der Waals surface area contributed by atoms with Gasteiger partial charge in [-0.3, -0.25) is 4.99 Å². The van der Waals surface area contributed by atoms with Crippen LogP contribution in [0.15, 0.2) is 53.0 Å². The normalized spacial score (nSPS) is 11.4. The molecule has 2 N–H and O–H groups in total. The van der Waals surface area contributed by atoms with Crippen LogP contribution in [0.5, 0.6) is 17.4 Å². The molecular weight excluding hydrogens is 398 g/mol. The van der Waals surface area contributed by atoms with Gasteiger partial charge in [0, 0.05) is 31.2 Å². The minimum Gasteiger partial charge on any atom is -0.497 e. The SMILES string of the molecule is CN=C(NCc1ccc(Oc2ccc(OC)cc2)nc1)NCc1nc(C(C)C)cs1. The first kappa shape index (κ1) is 21.6. The average molecular weight is 426 g/mol. The number of methoxy groups -OCH3 is 1. The van der Waals surface area contributed by atoms with Gasteiger partial charge in [0.25, 0.3) is 0 Å². The van der Waals surface area contributed by atoms with Crippen LogP contribution in [0.4, 0.5) is 0 Å². The summed E-state index contributed by atoms with van der Waals surface area (Å²) in [6.45, 7) is 5.54. The molecule has 2 aromatic heterocycles. The molecule has 30 heavy (non-hydrogen) atoms. The molecular formula is C22H27N5O2S. The Bertz CT molecular complexity index is 952. The Kier molecular flexibility index (Phi) is 7.62. The molecule has 0 saturated heterocycles. The number of aromatic nitrogens is 2. The van der Waals surface area contributed by atoms with Crippen molar-refractivity contribution in [3.8, 4) is 17.4 Å². The molecule has 158 valence electrons. The number of benzene rings is 1. The van der Waals surface area contributed by atoms with Crippen LogP contribution in [0.25, 0.3) is 0 Å². The number of hydrogen-bond donors (Lipinski definition) is 2. The summed E-state index contributed by atoms with van der Waals surface area (Å²) in [7, 11) is 3.39. The van der Waals surface area contributed by atoms with Crippen LogP contribution < -0.4 is 20.1 Å². The van der Waals surface area contributed by atoms with Crippen LogP contribution in [0.2, 0.25) is 0 Å². The van der Waals surface area contributed by atoms with Gasteiger partial charge >= 0.3 is 0 Å². The molecule has 0 spiro atoms. The lowest BCUT2D eigenvalue weighted by atomic mass is 10.2. The lowest BCUT2D eigenvalue weighted by Gasteiger charge is -2.11. The van der Waals surface area contributed by atoms with E-state index in [9.17, 15) is 0 Å². The van der Waals surface area contributed by atoms with Crippen molar-refractivity contribution < 1.29 is 9.47 Å². The Balaban J connectivity index is 1.47. The number of nitrogens with one attached hydrogen (secondary N) is 2. The van der Waals surface area contributed by atoms with Crippen molar-refractivity contribution in [2.75, 3.05) is 14.2 Å². The van der Waals surface area contributed by atoms with Crippen LogP contribution in [0.1, 0.15) is 36.0 Å². The summed E-state index contributed by atoms with van der Waals surface area (Å²) in [5, 5.41) is 9.74. The number of thiazole rings is 1. The highest BCUT2D eigenvalue weighted by atomic mass is 32.1. The van der Waals surface area contributed by atoms with Gasteiger partial charge < -0.3 is 20.1 Å². The van der Waals surface area contributed by atoms with E-state index in [0.717, 1.165) is 28.0 Å². The van der Waals surface area contributed by atoms with E-state index in [1.54, 1.807) is 31.7 Å². The predicted molar refractivity (Wildman–Crippen MR) is 121 cm³/mol. The summed E-state index contributed by atoms with van der Waals surface area (Å²) in [6.07, 6.45) is 1.79. The fraction of sp³-hybridized carbons (Fsp3) is 0.318. The summed E-state index contributed by atoms with van der Waals surface area (Å²) >= 11 is 1.66. The standard InChI is InChI=1S/C22H27N5O2S/c1-15(2)19-14-30-21(27-19)13-26-22(23-3)25-12-16-5-10-20(24-11-16)29-18-8-6-17(28-4)7-9-18/h5-11,14-15H,12-13H2,1-4H3,(H2,23,25,26). The van der Waals surface area contributed by atoms with Crippen LogP contribution >= 0.6 is 11.3 Å². The molecule has 0 fully saturated rings. The van der Waals surface area contributed by atoms with Crippen molar-refractivity contribution in [1.29, 1.82) is 0 Å². The van der Waals surface area contributed by atoms with E-state index in [1.807, 2.05) is 36.4 Å². The van der Waals surface area contributed by atoms with E-state index in [1.165, 1.54) is 0 Å². The van der Waals surface area contributed by atoms with Gasteiger partial charge in [-0.05, 0) is 35.7 Å². The average Bonchev–Trinajstić information content (AvgIpc) is 3.25. The van der Waals surface area contributed by atoms with E-state index in [4.69, 9.17) is 9.47 Å². The number of nitrogens with zero attached hydrogens (tertiary/aromatic N) is 3. The lowest BCUT2D eigenvalue weighted by molar-refractivity contribution is 0.412. The van der Waals surface area contributed by atoms with Crippen molar-refractivity contribution in [2.24, 2.45) is 4.99 Å². The molecule has 0 aliphatic rings. The van der Waals surface area contributed by atoms with E-state index < -0.39 is 0 Å². The van der Waals surface area contributed by atoms with Crippen molar-refractivity contribution in [3.05, 3.63) is 64.2 Å². The third-order valence-corrected chi connectivity index (χ3v) is 5.20. The number of guanidine groups is 1. The summed E-state index contributed by atoms with van der Waals surface area (Å²) in [5.41, 5.74) is 2.15. The van der Waals surface area contributed by atoms with Crippen LogP contribution in [-0.4, -0.2) is 30.1 Å². The fourth-order valence-corrected chi connectivity index (χ4v) is 3.47. The maximum atomic E-state index is 5.76. The largest absolute Gasteiger partial charge is 0.497 e. The zero-order valence-corrected chi connectivity index (χ0v) is 18.5. The second kappa shape index (κ2) is 10.6.